The Morgan fingerprint density at radius 3 is 1.92 bits per heavy atom. The predicted molar refractivity (Wildman–Crippen MR) is 98.2 cm³/mol. The first-order chi connectivity index (χ1) is 12.2. The number of esters is 1. The molecule has 4 heteroatoms. The molecule has 2 rings (SSSR count). The molecule has 4 nitrogen and oxygen atoms in total. The highest BCUT2D eigenvalue weighted by Gasteiger charge is 2.27. The van der Waals surface area contributed by atoms with Crippen LogP contribution in [-0.4, -0.2) is 25.0 Å². The molecule has 0 aromatic heterocycles. The number of carbonyl (C=O) groups is 2. The first kappa shape index (κ1) is 18.7. The third-order valence-electron chi connectivity index (χ3n) is 4.18. The lowest BCUT2D eigenvalue weighted by Gasteiger charge is -2.22. The number of unbranched alkanes of at least 4 members (excludes halogenated alkanes) is 1. The zero-order chi connectivity index (χ0) is 18.1. The molecule has 0 radical (unpaired) electrons. The largest absolute Gasteiger partial charge is 0.467 e. The smallest absolute Gasteiger partial charge is 0.328 e. The minimum Gasteiger partial charge on any atom is -0.467 e. The molecule has 0 heterocycles. The van der Waals surface area contributed by atoms with Crippen molar-refractivity contribution in [2.24, 2.45) is 0 Å². The quantitative estimate of drug-likeness (QED) is 0.747. The average Bonchev–Trinajstić information content (AvgIpc) is 2.66. The first-order valence-electron chi connectivity index (χ1n) is 8.65. The van der Waals surface area contributed by atoms with Gasteiger partial charge in [0.1, 0.15) is 6.04 Å². The van der Waals surface area contributed by atoms with Gasteiger partial charge in [-0.3, -0.25) is 4.79 Å². The average molecular weight is 339 g/mol. The van der Waals surface area contributed by atoms with Gasteiger partial charge in [0.25, 0.3) is 0 Å². The second-order valence-electron chi connectivity index (χ2n) is 5.98. The molecule has 0 unspecified atom stereocenters. The van der Waals surface area contributed by atoms with E-state index in [4.69, 9.17) is 4.74 Å². The van der Waals surface area contributed by atoms with Crippen molar-refractivity contribution in [2.45, 2.75) is 38.1 Å². The molecule has 2 aromatic carbocycles. The Bertz CT molecular complexity index is 631. The summed E-state index contributed by atoms with van der Waals surface area (Å²) in [5, 5.41) is 2.89. The van der Waals surface area contributed by atoms with Crippen LogP contribution in [-0.2, 0) is 14.3 Å². The summed E-state index contributed by atoms with van der Waals surface area (Å²) >= 11 is 0. The van der Waals surface area contributed by atoms with Gasteiger partial charge in [0, 0.05) is 0 Å². The lowest BCUT2D eigenvalue weighted by Crippen LogP contribution is -2.43. The normalized spacial score (nSPS) is 11.8. The number of ether oxygens (including phenoxy) is 1. The molecule has 25 heavy (non-hydrogen) atoms. The number of methoxy groups -OCH3 is 1. The minimum atomic E-state index is -0.618. The maximum atomic E-state index is 13.0. The third kappa shape index (κ3) is 5.18. The van der Waals surface area contributed by atoms with Crippen LogP contribution < -0.4 is 5.32 Å². The van der Waals surface area contributed by atoms with Crippen LogP contribution in [0.4, 0.5) is 0 Å². The van der Waals surface area contributed by atoms with Crippen LogP contribution in [0.5, 0.6) is 0 Å². The molecule has 2 aromatic rings. The van der Waals surface area contributed by atoms with Crippen molar-refractivity contribution in [3.05, 3.63) is 71.8 Å². The molecular weight excluding hydrogens is 314 g/mol. The molecule has 0 aliphatic heterocycles. The molecule has 0 spiro atoms. The minimum absolute atomic E-state index is 0.191. The van der Waals surface area contributed by atoms with E-state index in [1.165, 1.54) is 7.11 Å². The van der Waals surface area contributed by atoms with Crippen LogP contribution in [0.3, 0.4) is 0 Å². The van der Waals surface area contributed by atoms with Crippen LogP contribution in [0.15, 0.2) is 60.7 Å². The Kier molecular flexibility index (Phi) is 7.20. The SMILES string of the molecule is CCCC[C@@H](NC(=O)C(c1ccccc1)c1ccccc1)C(=O)OC. The van der Waals surface area contributed by atoms with E-state index in [2.05, 4.69) is 5.32 Å². The highest BCUT2D eigenvalue weighted by Crippen LogP contribution is 2.25. The predicted octanol–water partition coefficient (Wildman–Crippen LogP) is 3.67. The Labute approximate surface area is 149 Å². The van der Waals surface area contributed by atoms with Crippen LogP contribution in [0.2, 0.25) is 0 Å². The summed E-state index contributed by atoms with van der Waals surface area (Å²) in [6.45, 7) is 2.05. The number of nitrogens with one attached hydrogen (secondary N) is 1. The van der Waals surface area contributed by atoms with Gasteiger partial charge >= 0.3 is 5.97 Å². The topological polar surface area (TPSA) is 55.4 Å². The fourth-order valence-electron chi connectivity index (χ4n) is 2.84. The van der Waals surface area contributed by atoms with Gasteiger partial charge in [0.2, 0.25) is 5.91 Å². The zero-order valence-corrected chi connectivity index (χ0v) is 14.8. The molecule has 1 N–H and O–H groups in total. The van der Waals surface area contributed by atoms with Crippen molar-refractivity contribution >= 4 is 11.9 Å². The van der Waals surface area contributed by atoms with E-state index in [9.17, 15) is 9.59 Å². The lowest BCUT2D eigenvalue weighted by molar-refractivity contribution is -0.145. The second-order valence-corrected chi connectivity index (χ2v) is 5.98. The Morgan fingerprint density at radius 2 is 1.48 bits per heavy atom. The lowest BCUT2D eigenvalue weighted by atomic mass is 9.90. The van der Waals surface area contributed by atoms with E-state index in [1.807, 2.05) is 67.6 Å². The van der Waals surface area contributed by atoms with Crippen LogP contribution >= 0.6 is 0 Å². The van der Waals surface area contributed by atoms with Gasteiger partial charge in [0.15, 0.2) is 0 Å². The van der Waals surface area contributed by atoms with Crippen LogP contribution in [0, 0.1) is 0 Å². The van der Waals surface area contributed by atoms with Crippen molar-refractivity contribution in [3.8, 4) is 0 Å². The van der Waals surface area contributed by atoms with Gasteiger partial charge in [-0.1, -0.05) is 80.4 Å². The van der Waals surface area contributed by atoms with Crippen molar-refractivity contribution in [1.29, 1.82) is 0 Å². The highest BCUT2D eigenvalue weighted by atomic mass is 16.5. The summed E-state index contributed by atoms with van der Waals surface area (Å²) < 4.78 is 4.85. The Morgan fingerprint density at radius 1 is 0.960 bits per heavy atom. The van der Waals surface area contributed by atoms with Gasteiger partial charge in [-0.25, -0.2) is 4.79 Å². The van der Waals surface area contributed by atoms with Gasteiger partial charge in [-0.2, -0.15) is 0 Å². The van der Waals surface area contributed by atoms with Crippen LogP contribution in [0.1, 0.15) is 43.2 Å². The molecular formula is C21H25NO3. The molecule has 0 bridgehead atoms. The maximum Gasteiger partial charge on any atom is 0.328 e. The molecule has 1 amide bonds. The van der Waals surface area contributed by atoms with Gasteiger partial charge < -0.3 is 10.1 Å². The summed E-state index contributed by atoms with van der Waals surface area (Å²) in [5.41, 5.74) is 1.79. The van der Waals surface area contributed by atoms with Gasteiger partial charge in [-0.15, -0.1) is 0 Å². The first-order valence-corrected chi connectivity index (χ1v) is 8.65. The Balaban J connectivity index is 2.27. The molecule has 0 aliphatic rings. The van der Waals surface area contributed by atoms with E-state index < -0.39 is 17.9 Å². The standard InChI is InChI=1S/C21H25NO3/c1-3-4-15-18(21(24)25-2)22-20(23)19(16-11-7-5-8-12-16)17-13-9-6-10-14-17/h5-14,18-19H,3-4,15H2,1-2H3,(H,22,23)/t18-/m1/s1. The molecule has 132 valence electrons. The number of benzene rings is 2. The molecule has 1 atom stereocenters. The van der Waals surface area contributed by atoms with Gasteiger partial charge in [-0.05, 0) is 17.5 Å². The fourth-order valence-corrected chi connectivity index (χ4v) is 2.84. The van der Waals surface area contributed by atoms with Gasteiger partial charge in [0.05, 0.1) is 13.0 Å². The number of rotatable bonds is 8. The van der Waals surface area contributed by atoms with Crippen molar-refractivity contribution < 1.29 is 14.3 Å². The number of amides is 1. The van der Waals surface area contributed by atoms with Crippen molar-refractivity contribution in [2.75, 3.05) is 7.11 Å². The number of carbonyl (C=O) groups excluding carboxylic acids is 2. The summed E-state index contributed by atoms with van der Waals surface area (Å²) in [6.07, 6.45) is 2.37. The maximum absolute atomic E-state index is 13.0. The van der Waals surface area contributed by atoms with Crippen molar-refractivity contribution in [1.82, 2.24) is 5.32 Å². The molecule has 0 aliphatic carbocycles. The summed E-state index contributed by atoms with van der Waals surface area (Å²) in [6, 6.07) is 18.6. The van der Waals surface area contributed by atoms with E-state index in [0.29, 0.717) is 6.42 Å². The molecule has 0 fully saturated rings. The van der Waals surface area contributed by atoms with E-state index in [1.54, 1.807) is 0 Å². The fraction of sp³-hybridized carbons (Fsp3) is 0.333. The summed E-state index contributed by atoms with van der Waals surface area (Å²) in [4.78, 5) is 25.0. The molecule has 0 saturated carbocycles. The monoisotopic (exact) mass is 339 g/mol. The Hall–Kier alpha value is -2.62. The third-order valence-corrected chi connectivity index (χ3v) is 4.18. The van der Waals surface area contributed by atoms with Crippen LogP contribution in [0.25, 0.3) is 0 Å². The highest BCUT2D eigenvalue weighted by molar-refractivity contribution is 5.91. The number of hydrogen-bond donors (Lipinski definition) is 1. The second kappa shape index (κ2) is 9.62. The zero-order valence-electron chi connectivity index (χ0n) is 14.8. The van der Waals surface area contributed by atoms with E-state index >= 15 is 0 Å². The van der Waals surface area contributed by atoms with Crippen molar-refractivity contribution in [3.63, 3.8) is 0 Å². The van der Waals surface area contributed by atoms with E-state index in [-0.39, 0.29) is 5.91 Å². The molecule has 0 saturated heterocycles. The summed E-state index contributed by atoms with van der Waals surface area (Å²) in [7, 11) is 1.35. The summed E-state index contributed by atoms with van der Waals surface area (Å²) in [5.74, 6) is -1.05. The van der Waals surface area contributed by atoms with E-state index in [0.717, 1.165) is 24.0 Å². The number of hydrogen-bond acceptors (Lipinski definition) is 3.